The SMILES string of the molecule is CCCCCCCCCCc1nc(N)nc(NCCc2ccccc2)n1. The fraction of sp³-hybridized carbons (Fsp3) is 0.571. The number of nitrogens with two attached hydrogens (primary N) is 1. The molecule has 5 nitrogen and oxygen atoms in total. The van der Waals surface area contributed by atoms with Gasteiger partial charge in [0.05, 0.1) is 0 Å². The highest BCUT2D eigenvalue weighted by molar-refractivity contribution is 5.31. The Bertz CT molecular complexity index is 615. The number of benzene rings is 1. The highest BCUT2D eigenvalue weighted by atomic mass is 15.2. The second-order valence-corrected chi connectivity index (χ2v) is 6.82. The summed E-state index contributed by atoms with van der Waals surface area (Å²) >= 11 is 0. The van der Waals surface area contributed by atoms with E-state index in [9.17, 15) is 0 Å². The predicted molar refractivity (Wildman–Crippen MR) is 109 cm³/mol. The van der Waals surface area contributed by atoms with Gasteiger partial charge in [0.25, 0.3) is 0 Å². The summed E-state index contributed by atoms with van der Waals surface area (Å²) in [6, 6.07) is 10.4. The van der Waals surface area contributed by atoms with Crippen LogP contribution in [0.4, 0.5) is 11.9 Å². The summed E-state index contributed by atoms with van der Waals surface area (Å²) in [6.45, 7) is 3.04. The van der Waals surface area contributed by atoms with Crippen LogP contribution in [-0.2, 0) is 12.8 Å². The number of anilines is 2. The first-order chi connectivity index (χ1) is 12.8. The minimum absolute atomic E-state index is 0.303. The largest absolute Gasteiger partial charge is 0.368 e. The molecular formula is C21H33N5. The van der Waals surface area contributed by atoms with E-state index in [-0.39, 0.29) is 0 Å². The quantitative estimate of drug-likeness (QED) is 0.505. The molecule has 0 spiro atoms. The Labute approximate surface area is 157 Å². The van der Waals surface area contributed by atoms with Gasteiger partial charge in [0.15, 0.2) is 0 Å². The van der Waals surface area contributed by atoms with Crippen molar-refractivity contribution in [2.24, 2.45) is 0 Å². The van der Waals surface area contributed by atoms with Gasteiger partial charge in [-0.25, -0.2) is 0 Å². The zero-order valence-corrected chi connectivity index (χ0v) is 16.1. The molecule has 5 heteroatoms. The zero-order chi connectivity index (χ0) is 18.5. The van der Waals surface area contributed by atoms with E-state index < -0.39 is 0 Å². The van der Waals surface area contributed by atoms with E-state index in [1.54, 1.807) is 0 Å². The van der Waals surface area contributed by atoms with E-state index >= 15 is 0 Å². The molecule has 1 aromatic carbocycles. The number of unbranched alkanes of at least 4 members (excludes halogenated alkanes) is 7. The second kappa shape index (κ2) is 12.2. The Kier molecular flexibility index (Phi) is 9.47. The van der Waals surface area contributed by atoms with Gasteiger partial charge in [-0.3, -0.25) is 0 Å². The highest BCUT2D eigenvalue weighted by Gasteiger charge is 2.04. The fourth-order valence-corrected chi connectivity index (χ4v) is 3.01. The van der Waals surface area contributed by atoms with Crippen molar-refractivity contribution in [3.8, 4) is 0 Å². The molecular weight excluding hydrogens is 322 g/mol. The molecule has 0 aliphatic heterocycles. The number of nitrogens with zero attached hydrogens (tertiary/aromatic N) is 3. The van der Waals surface area contributed by atoms with E-state index in [4.69, 9.17) is 5.73 Å². The Morgan fingerprint density at radius 1 is 0.808 bits per heavy atom. The second-order valence-electron chi connectivity index (χ2n) is 6.82. The lowest BCUT2D eigenvalue weighted by Gasteiger charge is -2.07. The number of hydrogen-bond acceptors (Lipinski definition) is 5. The number of aryl methyl sites for hydroxylation is 1. The van der Waals surface area contributed by atoms with Crippen LogP contribution in [-0.4, -0.2) is 21.5 Å². The van der Waals surface area contributed by atoms with Crippen LogP contribution in [0, 0.1) is 0 Å². The maximum absolute atomic E-state index is 5.84. The normalized spacial score (nSPS) is 10.8. The molecule has 2 rings (SSSR count). The first kappa shape index (κ1) is 20.1. The Morgan fingerprint density at radius 2 is 1.50 bits per heavy atom. The summed E-state index contributed by atoms with van der Waals surface area (Å²) in [4.78, 5) is 13.0. The monoisotopic (exact) mass is 355 g/mol. The maximum Gasteiger partial charge on any atom is 0.227 e. The molecule has 0 radical (unpaired) electrons. The molecule has 2 aromatic rings. The standard InChI is InChI=1S/C21H33N5/c1-2-3-4-5-6-7-8-12-15-19-24-20(22)26-21(25-19)23-17-16-18-13-10-9-11-14-18/h9-11,13-14H,2-8,12,15-17H2,1H3,(H3,22,23,24,25,26). The van der Waals surface area contributed by atoms with Gasteiger partial charge < -0.3 is 11.1 Å². The van der Waals surface area contributed by atoms with E-state index in [1.165, 1.54) is 50.5 Å². The Morgan fingerprint density at radius 3 is 2.23 bits per heavy atom. The number of aromatic nitrogens is 3. The molecule has 0 atom stereocenters. The minimum Gasteiger partial charge on any atom is -0.368 e. The van der Waals surface area contributed by atoms with Crippen molar-refractivity contribution < 1.29 is 0 Å². The van der Waals surface area contributed by atoms with Gasteiger partial charge in [0, 0.05) is 13.0 Å². The van der Waals surface area contributed by atoms with Gasteiger partial charge in [-0.05, 0) is 18.4 Å². The van der Waals surface area contributed by atoms with Crippen LogP contribution in [0.2, 0.25) is 0 Å². The van der Waals surface area contributed by atoms with Gasteiger partial charge in [-0.15, -0.1) is 0 Å². The summed E-state index contributed by atoms with van der Waals surface area (Å²) in [5.41, 5.74) is 7.13. The third kappa shape index (κ3) is 8.28. The number of nitrogen functional groups attached to an aromatic ring is 1. The van der Waals surface area contributed by atoms with Crippen LogP contribution in [0.15, 0.2) is 30.3 Å². The first-order valence-electron chi connectivity index (χ1n) is 10.1. The van der Waals surface area contributed by atoms with Crippen molar-refractivity contribution in [3.05, 3.63) is 41.7 Å². The van der Waals surface area contributed by atoms with Gasteiger partial charge in [-0.1, -0.05) is 82.2 Å². The molecule has 3 N–H and O–H groups in total. The van der Waals surface area contributed by atoms with Crippen LogP contribution >= 0.6 is 0 Å². The van der Waals surface area contributed by atoms with Crippen LogP contribution in [0.5, 0.6) is 0 Å². The van der Waals surface area contributed by atoms with Crippen LogP contribution in [0.25, 0.3) is 0 Å². The lowest BCUT2D eigenvalue weighted by atomic mass is 10.1. The van der Waals surface area contributed by atoms with Crippen molar-refractivity contribution in [1.82, 2.24) is 15.0 Å². The number of hydrogen-bond donors (Lipinski definition) is 2. The van der Waals surface area contributed by atoms with Gasteiger partial charge in [0.2, 0.25) is 11.9 Å². The molecule has 0 fully saturated rings. The molecule has 0 amide bonds. The molecule has 0 saturated heterocycles. The van der Waals surface area contributed by atoms with E-state index in [1.807, 2.05) is 6.07 Å². The fourth-order valence-electron chi connectivity index (χ4n) is 3.01. The van der Waals surface area contributed by atoms with Gasteiger partial charge in [-0.2, -0.15) is 15.0 Å². The predicted octanol–water partition coefficient (Wildman–Crippen LogP) is 4.79. The third-order valence-corrected chi connectivity index (χ3v) is 4.49. The van der Waals surface area contributed by atoms with Crippen LogP contribution in [0.3, 0.4) is 0 Å². The molecule has 0 saturated carbocycles. The van der Waals surface area contributed by atoms with E-state index in [0.29, 0.717) is 11.9 Å². The topological polar surface area (TPSA) is 76.7 Å². The van der Waals surface area contributed by atoms with Gasteiger partial charge in [0.1, 0.15) is 5.82 Å². The summed E-state index contributed by atoms with van der Waals surface area (Å²) in [5.74, 6) is 1.69. The summed E-state index contributed by atoms with van der Waals surface area (Å²) < 4.78 is 0. The number of nitrogens with one attached hydrogen (secondary N) is 1. The first-order valence-corrected chi connectivity index (χ1v) is 10.1. The molecule has 1 heterocycles. The molecule has 142 valence electrons. The third-order valence-electron chi connectivity index (χ3n) is 4.49. The van der Waals surface area contributed by atoms with E-state index in [2.05, 4.69) is 51.5 Å². The average molecular weight is 356 g/mol. The number of rotatable bonds is 13. The van der Waals surface area contributed by atoms with Crippen LogP contribution in [0.1, 0.15) is 69.7 Å². The Balaban J connectivity index is 1.67. The van der Waals surface area contributed by atoms with Gasteiger partial charge >= 0.3 is 0 Å². The molecule has 0 aliphatic rings. The highest BCUT2D eigenvalue weighted by Crippen LogP contribution is 2.11. The molecule has 26 heavy (non-hydrogen) atoms. The maximum atomic E-state index is 5.84. The molecule has 0 unspecified atom stereocenters. The van der Waals surface area contributed by atoms with Crippen molar-refractivity contribution >= 4 is 11.9 Å². The zero-order valence-electron chi connectivity index (χ0n) is 16.1. The lowest BCUT2D eigenvalue weighted by molar-refractivity contribution is 0.571. The van der Waals surface area contributed by atoms with Crippen molar-refractivity contribution in [1.29, 1.82) is 0 Å². The molecule has 0 bridgehead atoms. The van der Waals surface area contributed by atoms with E-state index in [0.717, 1.165) is 31.6 Å². The summed E-state index contributed by atoms with van der Waals surface area (Å²) in [5, 5.41) is 3.26. The summed E-state index contributed by atoms with van der Waals surface area (Å²) in [6.07, 6.45) is 12.2. The molecule has 0 aliphatic carbocycles. The smallest absolute Gasteiger partial charge is 0.227 e. The van der Waals surface area contributed by atoms with Crippen molar-refractivity contribution in [3.63, 3.8) is 0 Å². The minimum atomic E-state index is 0.303. The summed E-state index contributed by atoms with van der Waals surface area (Å²) in [7, 11) is 0. The molecule has 1 aromatic heterocycles. The van der Waals surface area contributed by atoms with Crippen molar-refractivity contribution in [2.75, 3.05) is 17.6 Å². The Hall–Kier alpha value is -2.17. The average Bonchev–Trinajstić information content (AvgIpc) is 2.64. The lowest BCUT2D eigenvalue weighted by Crippen LogP contribution is -2.12. The van der Waals surface area contributed by atoms with Crippen molar-refractivity contribution in [2.45, 2.75) is 71.1 Å². The van der Waals surface area contributed by atoms with Crippen LogP contribution < -0.4 is 11.1 Å².